The Morgan fingerprint density at radius 2 is 1.73 bits per heavy atom. The van der Waals surface area contributed by atoms with Gasteiger partial charge in [-0.15, -0.1) is 0 Å². The molecule has 0 atom stereocenters. The van der Waals surface area contributed by atoms with Crippen molar-refractivity contribution >= 4 is 11.4 Å². The van der Waals surface area contributed by atoms with Crippen molar-refractivity contribution in [2.45, 2.75) is 0 Å². The predicted molar refractivity (Wildman–Crippen MR) is 81.5 cm³/mol. The Bertz CT molecular complexity index is 795. The van der Waals surface area contributed by atoms with Crippen LogP contribution in [0, 0.1) is 32.8 Å². The van der Waals surface area contributed by atoms with Gasteiger partial charge in [0.25, 0.3) is 5.69 Å². The third-order valence-corrected chi connectivity index (χ3v) is 2.92. The van der Waals surface area contributed by atoms with Crippen LogP contribution in [-0.2, 0) is 0 Å². The Morgan fingerprint density at radius 1 is 1.09 bits per heavy atom. The van der Waals surface area contributed by atoms with Crippen molar-refractivity contribution in [2.75, 3.05) is 5.32 Å². The van der Waals surface area contributed by atoms with Gasteiger partial charge in [0.05, 0.1) is 10.5 Å². The number of nitro groups is 1. The molecule has 2 rings (SSSR count). The van der Waals surface area contributed by atoms with Gasteiger partial charge in [0.15, 0.2) is 0 Å². The van der Waals surface area contributed by atoms with Crippen molar-refractivity contribution in [3.63, 3.8) is 0 Å². The number of nitriles is 2. The Hall–Kier alpha value is -3.64. The van der Waals surface area contributed by atoms with Crippen molar-refractivity contribution < 1.29 is 4.92 Å². The van der Waals surface area contributed by atoms with Crippen molar-refractivity contribution in [3.8, 4) is 23.3 Å². The summed E-state index contributed by atoms with van der Waals surface area (Å²) in [6.45, 7) is 0. The molecule has 0 spiro atoms. The fourth-order valence-electron chi connectivity index (χ4n) is 1.87. The van der Waals surface area contributed by atoms with Crippen LogP contribution in [0.15, 0.2) is 60.3 Å². The number of rotatable bonds is 4. The monoisotopic (exact) mass is 290 g/mol. The molecule has 0 aliphatic heterocycles. The van der Waals surface area contributed by atoms with E-state index in [0.29, 0.717) is 16.8 Å². The third-order valence-electron chi connectivity index (χ3n) is 2.92. The summed E-state index contributed by atoms with van der Waals surface area (Å²) >= 11 is 0. The number of benzene rings is 2. The topological polar surface area (TPSA) is 103 Å². The second-order valence-electron chi connectivity index (χ2n) is 4.28. The van der Waals surface area contributed by atoms with Gasteiger partial charge < -0.3 is 5.32 Å². The lowest BCUT2D eigenvalue weighted by molar-refractivity contribution is -0.384. The Morgan fingerprint density at radius 3 is 2.32 bits per heavy atom. The molecule has 0 fully saturated rings. The lowest BCUT2D eigenvalue weighted by atomic mass is 10.0. The molecule has 22 heavy (non-hydrogen) atoms. The minimum atomic E-state index is -0.420. The van der Waals surface area contributed by atoms with Crippen LogP contribution in [0.2, 0.25) is 0 Å². The second-order valence-corrected chi connectivity index (χ2v) is 4.28. The van der Waals surface area contributed by atoms with Gasteiger partial charge in [-0.3, -0.25) is 10.1 Å². The summed E-state index contributed by atoms with van der Waals surface area (Å²) < 4.78 is 0. The molecule has 2 aromatic carbocycles. The Kier molecular flexibility index (Phi) is 4.49. The van der Waals surface area contributed by atoms with E-state index < -0.39 is 4.92 Å². The summed E-state index contributed by atoms with van der Waals surface area (Å²) in [4.78, 5) is 10.6. The normalized spacial score (nSPS) is 9.18. The molecule has 0 aromatic heterocycles. The molecule has 0 heterocycles. The molecule has 2 aromatic rings. The van der Waals surface area contributed by atoms with E-state index >= 15 is 0 Å². The lowest BCUT2D eigenvalue weighted by Crippen LogP contribution is -1.92. The first-order valence-corrected chi connectivity index (χ1v) is 6.26. The van der Waals surface area contributed by atoms with Gasteiger partial charge in [0.2, 0.25) is 0 Å². The quantitative estimate of drug-likeness (QED) is 0.526. The Labute approximate surface area is 126 Å². The van der Waals surface area contributed by atoms with Crippen molar-refractivity contribution in [1.29, 1.82) is 10.5 Å². The summed E-state index contributed by atoms with van der Waals surface area (Å²) in [5.41, 5.74) is 1.92. The Balaban J connectivity index is 2.27. The van der Waals surface area contributed by atoms with E-state index in [1.165, 1.54) is 12.3 Å². The average molecular weight is 290 g/mol. The van der Waals surface area contributed by atoms with Crippen LogP contribution in [0.25, 0.3) is 11.1 Å². The van der Waals surface area contributed by atoms with E-state index in [1.54, 1.807) is 54.6 Å². The van der Waals surface area contributed by atoms with E-state index in [4.69, 9.17) is 10.5 Å². The molecule has 0 radical (unpaired) electrons. The van der Waals surface area contributed by atoms with Crippen LogP contribution in [0.1, 0.15) is 0 Å². The number of nitrogens with one attached hydrogen (secondary N) is 1. The highest BCUT2D eigenvalue weighted by Crippen LogP contribution is 2.30. The number of hydrogen-bond donors (Lipinski definition) is 1. The maximum absolute atomic E-state index is 11.0. The molecule has 0 saturated heterocycles. The molecular weight excluding hydrogens is 280 g/mol. The van der Waals surface area contributed by atoms with Crippen molar-refractivity contribution in [3.05, 3.63) is 70.4 Å². The summed E-state index contributed by atoms with van der Waals surface area (Å²) in [6.07, 6.45) is 1.31. The van der Waals surface area contributed by atoms with Gasteiger partial charge in [-0.1, -0.05) is 24.3 Å². The molecule has 6 heteroatoms. The largest absolute Gasteiger partial charge is 0.360 e. The lowest BCUT2D eigenvalue weighted by Gasteiger charge is -2.05. The SMILES string of the molecule is N#CC(C#N)=CNc1ccc(-c2ccccc2[N+](=O)[O-])cc1. The first kappa shape index (κ1) is 14.8. The zero-order valence-electron chi connectivity index (χ0n) is 11.4. The zero-order chi connectivity index (χ0) is 15.9. The van der Waals surface area contributed by atoms with Crippen LogP contribution < -0.4 is 5.32 Å². The number of para-hydroxylation sites is 1. The van der Waals surface area contributed by atoms with E-state index in [2.05, 4.69) is 5.32 Å². The van der Waals surface area contributed by atoms with E-state index in [9.17, 15) is 10.1 Å². The first-order chi connectivity index (χ1) is 10.7. The molecule has 0 aliphatic rings. The van der Waals surface area contributed by atoms with Crippen LogP contribution in [0.4, 0.5) is 11.4 Å². The molecule has 106 valence electrons. The maximum atomic E-state index is 11.0. The molecule has 0 unspecified atom stereocenters. The van der Waals surface area contributed by atoms with Crippen molar-refractivity contribution in [1.82, 2.24) is 0 Å². The first-order valence-electron chi connectivity index (χ1n) is 6.26. The van der Waals surface area contributed by atoms with Crippen LogP contribution in [0.5, 0.6) is 0 Å². The molecule has 6 nitrogen and oxygen atoms in total. The highest BCUT2D eigenvalue weighted by Gasteiger charge is 2.13. The number of allylic oxidation sites excluding steroid dienone is 1. The van der Waals surface area contributed by atoms with E-state index in [-0.39, 0.29) is 11.3 Å². The van der Waals surface area contributed by atoms with Crippen LogP contribution in [0.3, 0.4) is 0 Å². The molecule has 0 aliphatic carbocycles. The zero-order valence-corrected chi connectivity index (χ0v) is 11.4. The highest BCUT2D eigenvalue weighted by atomic mass is 16.6. The van der Waals surface area contributed by atoms with Gasteiger partial charge in [-0.2, -0.15) is 10.5 Å². The highest BCUT2D eigenvalue weighted by molar-refractivity contribution is 5.74. The smallest absolute Gasteiger partial charge is 0.277 e. The summed E-state index contributed by atoms with van der Waals surface area (Å²) in [7, 11) is 0. The molecule has 0 bridgehead atoms. The second kappa shape index (κ2) is 6.69. The molecular formula is C16H10N4O2. The van der Waals surface area contributed by atoms with Gasteiger partial charge in [0, 0.05) is 18.0 Å². The van der Waals surface area contributed by atoms with E-state index in [1.807, 2.05) is 0 Å². The van der Waals surface area contributed by atoms with Crippen LogP contribution in [-0.4, -0.2) is 4.92 Å². The van der Waals surface area contributed by atoms with Crippen molar-refractivity contribution in [2.24, 2.45) is 0 Å². The minimum Gasteiger partial charge on any atom is -0.360 e. The van der Waals surface area contributed by atoms with E-state index in [0.717, 1.165) is 0 Å². The fraction of sp³-hybridized carbons (Fsp3) is 0. The van der Waals surface area contributed by atoms with Gasteiger partial charge in [-0.25, -0.2) is 0 Å². The fourth-order valence-corrected chi connectivity index (χ4v) is 1.87. The average Bonchev–Trinajstić information content (AvgIpc) is 2.56. The van der Waals surface area contributed by atoms with Gasteiger partial charge >= 0.3 is 0 Å². The summed E-state index contributed by atoms with van der Waals surface area (Å²) in [6, 6.07) is 16.9. The van der Waals surface area contributed by atoms with Gasteiger partial charge in [-0.05, 0) is 23.8 Å². The maximum Gasteiger partial charge on any atom is 0.277 e. The number of anilines is 1. The molecule has 0 amide bonds. The molecule has 0 saturated carbocycles. The summed E-state index contributed by atoms with van der Waals surface area (Å²) in [5.74, 6) is 0. The predicted octanol–water partition coefficient (Wildman–Crippen LogP) is 3.60. The summed E-state index contributed by atoms with van der Waals surface area (Å²) in [5, 5.41) is 31.1. The van der Waals surface area contributed by atoms with Crippen LogP contribution >= 0.6 is 0 Å². The third kappa shape index (κ3) is 3.27. The molecule has 1 N–H and O–H groups in total. The number of nitrogens with zero attached hydrogens (tertiary/aromatic N) is 3. The van der Waals surface area contributed by atoms with Gasteiger partial charge in [0.1, 0.15) is 17.7 Å². The number of hydrogen-bond acceptors (Lipinski definition) is 5. The minimum absolute atomic E-state index is 0.0391. The standard InChI is InChI=1S/C16H10N4O2/c17-9-12(10-18)11-19-14-7-5-13(6-8-14)15-3-1-2-4-16(15)20(21)22/h1-8,11,19H. The number of nitro benzene ring substituents is 1.